The number of aromatic nitrogens is 1. The van der Waals surface area contributed by atoms with E-state index < -0.39 is 15.8 Å². The van der Waals surface area contributed by atoms with Crippen LogP contribution in [0.2, 0.25) is 0 Å². The number of furan rings is 1. The third-order valence-electron chi connectivity index (χ3n) is 5.32. The number of anilines is 1. The smallest absolute Gasteiger partial charge is 0.232 e. The van der Waals surface area contributed by atoms with Crippen LogP contribution in [-0.4, -0.2) is 32.5 Å². The van der Waals surface area contributed by atoms with Crippen molar-refractivity contribution in [2.24, 2.45) is 0 Å². The molecule has 4 rings (SSSR count). The van der Waals surface area contributed by atoms with Crippen molar-refractivity contribution in [2.45, 2.75) is 13.3 Å². The zero-order valence-corrected chi connectivity index (χ0v) is 18.6. The first-order chi connectivity index (χ1) is 15.2. The molecule has 0 saturated heterocycles. The molecule has 0 aliphatic rings. The van der Waals surface area contributed by atoms with Crippen molar-refractivity contribution in [3.63, 3.8) is 0 Å². The summed E-state index contributed by atoms with van der Waals surface area (Å²) in [6, 6.07) is 12.6. The highest BCUT2D eigenvalue weighted by Crippen LogP contribution is 2.41. The molecule has 2 aromatic carbocycles. The zero-order valence-electron chi connectivity index (χ0n) is 17.8. The first kappa shape index (κ1) is 21.7. The number of halogens is 1. The Morgan fingerprint density at radius 1 is 1.12 bits per heavy atom. The molecule has 0 radical (unpaired) electrons. The van der Waals surface area contributed by atoms with Gasteiger partial charge in [-0.25, -0.2) is 12.8 Å². The summed E-state index contributed by atoms with van der Waals surface area (Å²) in [5.41, 5.74) is 2.98. The van der Waals surface area contributed by atoms with Crippen LogP contribution in [0.4, 0.5) is 10.1 Å². The number of sulfonamides is 1. The Balaban J connectivity index is 2.08. The van der Waals surface area contributed by atoms with Crippen molar-refractivity contribution in [1.82, 2.24) is 4.98 Å². The molecule has 164 valence electrons. The summed E-state index contributed by atoms with van der Waals surface area (Å²) in [5, 5.41) is 0.556. The van der Waals surface area contributed by atoms with Gasteiger partial charge < -0.3 is 4.42 Å². The molecule has 0 aliphatic heterocycles. The molecule has 0 N–H and O–H groups in total. The van der Waals surface area contributed by atoms with E-state index >= 15 is 0 Å². The van der Waals surface area contributed by atoms with Crippen LogP contribution in [0, 0.1) is 5.82 Å². The Kier molecular flexibility index (Phi) is 5.56. The normalized spacial score (nSPS) is 11.6. The number of pyridine rings is 1. The van der Waals surface area contributed by atoms with E-state index in [2.05, 4.69) is 4.98 Å². The van der Waals surface area contributed by atoms with Gasteiger partial charge >= 0.3 is 0 Å². The fourth-order valence-corrected chi connectivity index (χ4v) is 4.09. The van der Waals surface area contributed by atoms with E-state index in [9.17, 15) is 17.6 Å². The lowest BCUT2D eigenvalue weighted by molar-refractivity contribution is 0.0989. The van der Waals surface area contributed by atoms with Crippen molar-refractivity contribution >= 4 is 32.5 Å². The van der Waals surface area contributed by atoms with Crippen molar-refractivity contribution in [2.75, 3.05) is 17.6 Å². The van der Waals surface area contributed by atoms with E-state index in [1.165, 1.54) is 19.2 Å². The first-order valence-electron chi connectivity index (χ1n) is 9.94. The van der Waals surface area contributed by atoms with E-state index in [4.69, 9.17) is 4.42 Å². The average molecular weight is 453 g/mol. The third kappa shape index (κ3) is 3.89. The molecule has 0 spiro atoms. The lowest BCUT2D eigenvalue weighted by Crippen LogP contribution is -2.25. The van der Waals surface area contributed by atoms with E-state index in [-0.39, 0.29) is 12.2 Å². The first-order valence-corrected chi connectivity index (χ1v) is 11.8. The van der Waals surface area contributed by atoms with Gasteiger partial charge in [-0.2, -0.15) is 0 Å². The number of carbonyl (C=O) groups is 1. The van der Waals surface area contributed by atoms with E-state index in [0.29, 0.717) is 44.7 Å². The minimum atomic E-state index is -3.57. The quantitative estimate of drug-likeness (QED) is 0.371. The fourth-order valence-electron chi connectivity index (χ4n) is 3.58. The average Bonchev–Trinajstić information content (AvgIpc) is 3.16. The molecule has 32 heavy (non-hydrogen) atoms. The molecule has 0 bridgehead atoms. The topological polar surface area (TPSA) is 80.5 Å². The monoisotopic (exact) mass is 452 g/mol. The van der Waals surface area contributed by atoms with Crippen LogP contribution < -0.4 is 4.31 Å². The van der Waals surface area contributed by atoms with Gasteiger partial charge in [0, 0.05) is 54.0 Å². The minimum absolute atomic E-state index is 0.135. The molecule has 0 amide bonds. The van der Waals surface area contributed by atoms with Gasteiger partial charge in [-0.1, -0.05) is 13.0 Å². The maximum absolute atomic E-state index is 13.5. The van der Waals surface area contributed by atoms with Gasteiger partial charge in [0.05, 0.1) is 17.5 Å². The summed E-state index contributed by atoms with van der Waals surface area (Å²) >= 11 is 0. The molecule has 0 saturated carbocycles. The van der Waals surface area contributed by atoms with Gasteiger partial charge in [-0.05, 0) is 36.4 Å². The molecule has 6 nitrogen and oxygen atoms in total. The molecule has 0 aliphatic carbocycles. The highest BCUT2D eigenvalue weighted by molar-refractivity contribution is 7.92. The van der Waals surface area contributed by atoms with Crippen LogP contribution in [0.5, 0.6) is 0 Å². The molecule has 4 aromatic rings. The highest BCUT2D eigenvalue weighted by atomic mass is 32.2. The second kappa shape index (κ2) is 8.20. The van der Waals surface area contributed by atoms with Gasteiger partial charge in [-0.15, -0.1) is 0 Å². The van der Waals surface area contributed by atoms with E-state index in [0.717, 1.165) is 10.6 Å². The van der Waals surface area contributed by atoms with Crippen molar-refractivity contribution in [3.8, 4) is 22.5 Å². The number of carbonyl (C=O) groups excluding carboxylic acids is 1. The number of rotatable bonds is 6. The number of hydrogen-bond donors (Lipinski definition) is 0. The van der Waals surface area contributed by atoms with Crippen molar-refractivity contribution < 1.29 is 22.0 Å². The summed E-state index contributed by atoms with van der Waals surface area (Å²) < 4.78 is 45.3. The van der Waals surface area contributed by atoms with Gasteiger partial charge in [-0.3, -0.25) is 14.1 Å². The lowest BCUT2D eigenvalue weighted by atomic mass is 9.97. The molecule has 0 fully saturated rings. The Morgan fingerprint density at radius 3 is 2.44 bits per heavy atom. The molecule has 2 aromatic heterocycles. The van der Waals surface area contributed by atoms with Crippen LogP contribution in [0.3, 0.4) is 0 Å². The minimum Gasteiger partial charge on any atom is -0.455 e. The molecule has 8 heteroatoms. The van der Waals surface area contributed by atoms with Gasteiger partial charge in [0.2, 0.25) is 10.0 Å². The Hall–Kier alpha value is -3.52. The Bertz CT molecular complexity index is 1410. The number of benzene rings is 2. The van der Waals surface area contributed by atoms with Crippen LogP contribution in [0.15, 0.2) is 65.3 Å². The van der Waals surface area contributed by atoms with Gasteiger partial charge in [0.15, 0.2) is 5.78 Å². The fraction of sp³-hybridized carbons (Fsp3) is 0.167. The molecular formula is C24H21FN2O4S. The second-order valence-corrected chi connectivity index (χ2v) is 9.44. The van der Waals surface area contributed by atoms with Gasteiger partial charge in [0.25, 0.3) is 0 Å². The summed E-state index contributed by atoms with van der Waals surface area (Å²) in [7, 11) is -2.12. The van der Waals surface area contributed by atoms with E-state index in [1.807, 2.05) is 6.07 Å². The summed E-state index contributed by atoms with van der Waals surface area (Å²) in [5.74, 6) is -0.211. The lowest BCUT2D eigenvalue weighted by Gasteiger charge is -2.20. The summed E-state index contributed by atoms with van der Waals surface area (Å²) in [6.45, 7) is 1.75. The highest BCUT2D eigenvalue weighted by Gasteiger charge is 2.25. The number of ketones is 1. The standard InChI is InChI=1S/C24H21FN2O4S/c1-4-21(28)23-19-12-18(16-6-5-11-26-14-16)20(27(2)32(3,29)30)13-22(19)31-24(23)15-7-9-17(25)10-8-15/h5-14H,4H2,1-3H3. The largest absolute Gasteiger partial charge is 0.455 e. The number of nitrogens with zero attached hydrogens (tertiary/aromatic N) is 2. The predicted octanol–water partition coefficient (Wildman–Crippen LogP) is 5.29. The SMILES string of the molecule is CCC(=O)c1c(-c2ccc(F)cc2)oc2cc(N(C)S(C)(=O)=O)c(-c3cccnc3)cc12. The summed E-state index contributed by atoms with van der Waals surface area (Å²) in [6.07, 6.45) is 4.61. The molecule has 2 heterocycles. The molecule has 0 unspecified atom stereocenters. The van der Waals surface area contributed by atoms with E-state index in [1.54, 1.807) is 49.6 Å². The van der Waals surface area contributed by atoms with Crippen LogP contribution in [0.1, 0.15) is 23.7 Å². The second-order valence-electron chi connectivity index (χ2n) is 7.43. The van der Waals surface area contributed by atoms with Crippen molar-refractivity contribution in [1.29, 1.82) is 0 Å². The number of Topliss-reactive ketones (excluding diaryl/α,β-unsaturated/α-hetero) is 1. The Labute approximate surface area is 185 Å². The molecule has 0 atom stereocenters. The maximum Gasteiger partial charge on any atom is 0.232 e. The van der Waals surface area contributed by atoms with Crippen LogP contribution in [0.25, 0.3) is 33.4 Å². The zero-order chi connectivity index (χ0) is 23.0. The van der Waals surface area contributed by atoms with Crippen LogP contribution in [-0.2, 0) is 10.0 Å². The predicted molar refractivity (Wildman–Crippen MR) is 123 cm³/mol. The maximum atomic E-state index is 13.5. The third-order valence-corrected chi connectivity index (χ3v) is 6.51. The van der Waals surface area contributed by atoms with Crippen molar-refractivity contribution in [3.05, 3.63) is 72.3 Å². The van der Waals surface area contributed by atoms with Gasteiger partial charge in [0.1, 0.15) is 17.2 Å². The summed E-state index contributed by atoms with van der Waals surface area (Å²) in [4.78, 5) is 17.1. The van der Waals surface area contributed by atoms with Crippen LogP contribution >= 0.6 is 0 Å². The molecular weight excluding hydrogens is 431 g/mol. The number of fused-ring (bicyclic) bond motifs is 1. The number of hydrogen-bond acceptors (Lipinski definition) is 5. The Morgan fingerprint density at radius 2 is 1.84 bits per heavy atom.